The fraction of sp³-hybridized carbons (Fsp3) is 0.611. The molecule has 0 spiro atoms. The molecule has 0 aliphatic carbocycles. The van der Waals surface area contributed by atoms with E-state index in [9.17, 15) is 22.4 Å². The smallest absolute Gasteiger partial charge is 0.418 e. The van der Waals surface area contributed by atoms with Crippen molar-refractivity contribution in [2.75, 3.05) is 51.7 Å². The SMILES string of the molecule is COCOc1cc(Cl)c(C(F)(F)F)c(-c2nc3c4c(nc(OC[C@@]56CCCN5C[C@H](F)C6)nc4c2F)N2CC4CCC(C2CO3)N4C(=O)OC(C)(C)C)c1. The molecule has 3 aromatic rings. The van der Waals surface area contributed by atoms with Crippen molar-refractivity contribution in [3.8, 4) is 28.9 Å². The molecule has 5 atom stereocenters. The van der Waals surface area contributed by atoms with Crippen LogP contribution in [0.25, 0.3) is 22.2 Å². The molecule has 54 heavy (non-hydrogen) atoms. The molecule has 2 bridgehead atoms. The van der Waals surface area contributed by atoms with E-state index in [-0.39, 0.29) is 79.9 Å². The summed E-state index contributed by atoms with van der Waals surface area (Å²) in [5.41, 5.74) is -4.51. The maximum atomic E-state index is 17.1. The Morgan fingerprint density at radius 2 is 1.89 bits per heavy atom. The summed E-state index contributed by atoms with van der Waals surface area (Å²) >= 11 is 6.19. The van der Waals surface area contributed by atoms with Crippen LogP contribution >= 0.6 is 11.6 Å². The number of carbonyl (C=O) groups is 1. The average Bonchev–Trinajstić information content (AvgIpc) is 3.69. The van der Waals surface area contributed by atoms with Gasteiger partial charge in [-0.1, -0.05) is 11.6 Å². The van der Waals surface area contributed by atoms with Gasteiger partial charge in [0.25, 0.3) is 0 Å². The third-order valence-corrected chi connectivity index (χ3v) is 11.3. The van der Waals surface area contributed by atoms with E-state index in [1.54, 1.807) is 25.7 Å². The predicted molar refractivity (Wildman–Crippen MR) is 185 cm³/mol. The number of aromatic nitrogens is 3. The van der Waals surface area contributed by atoms with Crippen LogP contribution in [0, 0.1) is 5.82 Å². The Kier molecular flexibility index (Phi) is 9.15. The minimum atomic E-state index is -5.03. The van der Waals surface area contributed by atoms with E-state index in [0.29, 0.717) is 25.8 Å². The van der Waals surface area contributed by atoms with Gasteiger partial charge in [0.2, 0.25) is 5.88 Å². The van der Waals surface area contributed by atoms with E-state index in [1.807, 2.05) is 9.80 Å². The fourth-order valence-corrected chi connectivity index (χ4v) is 9.14. The number of anilines is 1. The van der Waals surface area contributed by atoms with E-state index < -0.39 is 69.3 Å². The van der Waals surface area contributed by atoms with Crippen molar-refractivity contribution in [2.45, 2.75) is 94.5 Å². The Morgan fingerprint density at radius 1 is 1.09 bits per heavy atom. The number of ether oxygens (including phenoxy) is 5. The van der Waals surface area contributed by atoms with E-state index in [2.05, 4.69) is 9.97 Å². The van der Waals surface area contributed by atoms with Gasteiger partial charge in [-0.3, -0.25) is 9.80 Å². The van der Waals surface area contributed by atoms with E-state index >= 15 is 4.39 Å². The number of amides is 1. The third kappa shape index (κ3) is 6.38. The number of hydrogen-bond donors (Lipinski definition) is 0. The zero-order valence-electron chi connectivity index (χ0n) is 30.1. The first kappa shape index (κ1) is 37.0. The third-order valence-electron chi connectivity index (χ3n) is 11.0. The summed E-state index contributed by atoms with van der Waals surface area (Å²) in [5, 5.41) is -0.710. The molecule has 4 saturated heterocycles. The van der Waals surface area contributed by atoms with E-state index in [4.69, 9.17) is 40.3 Å². The molecule has 5 aliphatic heterocycles. The highest BCUT2D eigenvalue weighted by atomic mass is 35.5. The Hall–Kier alpha value is -3.96. The van der Waals surface area contributed by atoms with Crippen molar-refractivity contribution >= 4 is 34.4 Å². The molecule has 7 heterocycles. The first-order chi connectivity index (χ1) is 25.6. The van der Waals surface area contributed by atoms with Gasteiger partial charge in [-0.2, -0.15) is 23.1 Å². The van der Waals surface area contributed by atoms with E-state index in [1.165, 1.54) is 7.11 Å². The minimum Gasteiger partial charge on any atom is -0.475 e. The van der Waals surface area contributed by atoms with Crippen LogP contribution in [0.4, 0.5) is 32.6 Å². The molecule has 292 valence electrons. The van der Waals surface area contributed by atoms with Crippen molar-refractivity contribution in [3.63, 3.8) is 0 Å². The molecule has 3 unspecified atom stereocenters. The fourth-order valence-electron chi connectivity index (χ4n) is 8.82. The van der Waals surface area contributed by atoms with Gasteiger partial charge in [-0.05, 0) is 65.1 Å². The summed E-state index contributed by atoms with van der Waals surface area (Å²) in [6.07, 6.45) is -3.45. The lowest BCUT2D eigenvalue weighted by Gasteiger charge is -2.46. The van der Waals surface area contributed by atoms with Gasteiger partial charge in [-0.15, -0.1) is 0 Å². The monoisotopic (exact) mass is 782 g/mol. The zero-order valence-corrected chi connectivity index (χ0v) is 30.9. The Labute approximate surface area is 312 Å². The number of pyridine rings is 1. The number of benzene rings is 1. The van der Waals surface area contributed by atoms with Crippen molar-refractivity contribution in [1.82, 2.24) is 24.8 Å². The quantitative estimate of drug-likeness (QED) is 0.187. The van der Waals surface area contributed by atoms with Crippen molar-refractivity contribution in [2.24, 2.45) is 0 Å². The zero-order chi connectivity index (χ0) is 38.3. The molecular formula is C36H40ClF5N6O6. The number of hydrogen-bond acceptors (Lipinski definition) is 11. The average molecular weight is 783 g/mol. The molecule has 8 rings (SSSR count). The van der Waals surface area contributed by atoms with Crippen LogP contribution < -0.4 is 19.1 Å². The predicted octanol–water partition coefficient (Wildman–Crippen LogP) is 6.79. The highest BCUT2D eigenvalue weighted by Gasteiger charge is 2.53. The molecule has 1 amide bonds. The van der Waals surface area contributed by atoms with Crippen LogP contribution in [0.5, 0.6) is 17.6 Å². The number of carbonyl (C=O) groups excluding carboxylic acids is 1. The summed E-state index contributed by atoms with van der Waals surface area (Å²) in [6, 6.07) is 0.492. The summed E-state index contributed by atoms with van der Waals surface area (Å²) in [5.74, 6) is -1.33. The second-order valence-electron chi connectivity index (χ2n) is 15.6. The molecule has 5 aliphatic rings. The summed E-state index contributed by atoms with van der Waals surface area (Å²) in [7, 11) is 1.33. The largest absolute Gasteiger partial charge is 0.475 e. The summed E-state index contributed by atoms with van der Waals surface area (Å²) in [6.45, 7) is 6.24. The second-order valence-corrected chi connectivity index (χ2v) is 16.0. The molecule has 1 aromatic carbocycles. The highest BCUT2D eigenvalue weighted by molar-refractivity contribution is 6.32. The van der Waals surface area contributed by atoms with Crippen molar-refractivity contribution in [3.05, 3.63) is 28.5 Å². The lowest BCUT2D eigenvalue weighted by Crippen LogP contribution is -2.63. The highest BCUT2D eigenvalue weighted by Crippen LogP contribution is 2.49. The number of alkyl halides is 4. The molecule has 0 radical (unpaired) electrons. The molecule has 0 N–H and O–H groups in total. The van der Waals surface area contributed by atoms with E-state index in [0.717, 1.165) is 18.6 Å². The maximum Gasteiger partial charge on any atom is 0.418 e. The molecule has 12 nitrogen and oxygen atoms in total. The number of fused-ring (bicyclic) bond motifs is 6. The van der Waals surface area contributed by atoms with Gasteiger partial charge >= 0.3 is 18.3 Å². The molecule has 4 fully saturated rings. The number of rotatable bonds is 7. The first-order valence-corrected chi connectivity index (χ1v) is 18.3. The second kappa shape index (κ2) is 13.4. The lowest BCUT2D eigenvalue weighted by molar-refractivity contribution is -0.137. The summed E-state index contributed by atoms with van der Waals surface area (Å²) < 4.78 is 104. The van der Waals surface area contributed by atoms with Gasteiger partial charge in [0.1, 0.15) is 53.2 Å². The number of piperazine rings is 1. The Balaban J connectivity index is 1.27. The number of methoxy groups -OCH3 is 1. The van der Waals surface area contributed by atoms with Crippen molar-refractivity contribution < 1.29 is 50.4 Å². The topological polar surface area (TPSA) is 112 Å². The van der Waals surface area contributed by atoms with Crippen LogP contribution in [-0.4, -0.2) is 113 Å². The van der Waals surface area contributed by atoms with Crippen LogP contribution in [0.15, 0.2) is 12.1 Å². The molecule has 2 aromatic heterocycles. The lowest BCUT2D eigenvalue weighted by atomic mass is 9.95. The minimum absolute atomic E-state index is 0.0229. The van der Waals surface area contributed by atoms with Gasteiger partial charge in [0.15, 0.2) is 12.6 Å². The standard InChI is InChI=1S/C36H40ClF5N6O6/c1-34(2,3)54-33(49)48-19-6-7-23(48)24-15-51-31-25-29(27(39)28(43-31)21-10-20(53-17-50-4)11-22(37)26(21)36(40,41)42)44-32(45-30(25)47(24)14-19)52-16-35-8-5-9-46(35)13-18(38)12-35/h10-11,18-19,23-24H,5-9,12-17H2,1-4H3/t18-,19?,23?,24?,35+/m1/s1. The molecule has 18 heteroatoms. The Bertz CT molecular complexity index is 1990. The van der Waals surface area contributed by atoms with Gasteiger partial charge in [-0.25, -0.2) is 18.6 Å². The maximum absolute atomic E-state index is 17.1. The van der Waals surface area contributed by atoms with Crippen LogP contribution in [0.3, 0.4) is 0 Å². The molecular weight excluding hydrogens is 743 g/mol. The van der Waals surface area contributed by atoms with Gasteiger partial charge in [0, 0.05) is 32.2 Å². The van der Waals surface area contributed by atoms with Gasteiger partial charge in [0.05, 0.1) is 34.3 Å². The number of nitrogens with zero attached hydrogens (tertiary/aromatic N) is 6. The number of halogens is 6. The molecule has 0 saturated carbocycles. The van der Waals surface area contributed by atoms with Crippen LogP contribution in [0.2, 0.25) is 5.02 Å². The van der Waals surface area contributed by atoms with Crippen LogP contribution in [-0.2, 0) is 15.7 Å². The summed E-state index contributed by atoms with van der Waals surface area (Å²) in [4.78, 5) is 32.8. The van der Waals surface area contributed by atoms with Crippen LogP contribution in [0.1, 0.15) is 58.4 Å². The van der Waals surface area contributed by atoms with Crippen molar-refractivity contribution in [1.29, 1.82) is 0 Å². The normalized spacial score (nSPS) is 26.4. The van der Waals surface area contributed by atoms with Gasteiger partial charge < -0.3 is 28.6 Å². The first-order valence-electron chi connectivity index (χ1n) is 17.9. The Morgan fingerprint density at radius 3 is 2.63 bits per heavy atom.